The van der Waals surface area contributed by atoms with Crippen LogP contribution in [0, 0.1) is 5.41 Å². The molecule has 0 nitrogen and oxygen atoms in total. The van der Waals surface area contributed by atoms with Crippen molar-refractivity contribution < 1.29 is 0 Å². The van der Waals surface area contributed by atoms with Crippen LogP contribution in [0.15, 0.2) is 0 Å². The topological polar surface area (TPSA) is 0 Å². The van der Waals surface area contributed by atoms with E-state index in [1.54, 1.807) is 0 Å². The van der Waals surface area contributed by atoms with Crippen LogP contribution in [0.4, 0.5) is 0 Å². The molecule has 0 N–H and O–H groups in total. The molecule has 3 heteroatoms. The van der Waals surface area contributed by atoms with Gasteiger partial charge in [0.1, 0.15) is 0 Å². The van der Waals surface area contributed by atoms with Crippen molar-refractivity contribution >= 4 is 36.1 Å². The second kappa shape index (κ2) is 3.92. The van der Waals surface area contributed by atoms with Crippen LogP contribution in [-0.2, 0) is 0 Å². The Morgan fingerprint density at radius 3 is 1.64 bits per heavy atom. The molecule has 0 bridgehead atoms. The Bertz CT molecular complexity index is 123. The summed E-state index contributed by atoms with van der Waals surface area (Å²) in [4.78, 5) is 0. The van der Waals surface area contributed by atoms with Gasteiger partial charge in [-0.1, -0.05) is 0 Å². The summed E-state index contributed by atoms with van der Waals surface area (Å²) in [6, 6.07) is 0. The quantitative estimate of drug-likeness (QED) is 0.591. The van der Waals surface area contributed by atoms with Crippen molar-refractivity contribution in [2.45, 2.75) is 44.3 Å². The maximum atomic E-state index is 2.42. The normalized spacial score (nSPS) is 16.7. The van der Waals surface area contributed by atoms with E-state index in [0.29, 0.717) is 5.41 Å². The average molecular weight is 182 g/mol. The van der Waals surface area contributed by atoms with Crippen LogP contribution in [0.1, 0.15) is 20.8 Å². The molecule has 0 rings (SSSR count). The molecule has 0 heterocycles. The van der Waals surface area contributed by atoms with E-state index in [1.807, 2.05) is 0 Å². The molecule has 0 amide bonds. The molecule has 0 fully saturated rings. The van der Waals surface area contributed by atoms with Gasteiger partial charge >= 0.3 is 85.9 Å². The van der Waals surface area contributed by atoms with Gasteiger partial charge in [0, 0.05) is 0 Å². The fraction of sp³-hybridized carbons (Fsp3) is 1.00. The molecule has 0 spiro atoms. The van der Waals surface area contributed by atoms with E-state index >= 15 is 0 Å². The fourth-order valence-corrected chi connectivity index (χ4v) is 6.36. The Hall–Kier alpha value is 1.16. The van der Waals surface area contributed by atoms with Gasteiger partial charge in [-0.05, 0) is 0 Å². The zero-order valence-corrected chi connectivity index (χ0v) is 10.8. The van der Waals surface area contributed by atoms with Crippen molar-refractivity contribution in [3.05, 3.63) is 0 Å². The molecule has 0 aromatic carbocycles. The molecule has 0 aliphatic rings. The Morgan fingerprint density at radius 2 is 1.55 bits per heavy atom. The van der Waals surface area contributed by atoms with Gasteiger partial charge in [0.25, 0.3) is 0 Å². The predicted molar refractivity (Wildman–Crippen MR) is 59.9 cm³/mol. The Labute approximate surface area is 85.8 Å². The van der Waals surface area contributed by atoms with E-state index in [4.69, 9.17) is 0 Å². The molecular formula is C8H19LiSSi. The molecule has 0 saturated heterocycles. The van der Waals surface area contributed by atoms with Crippen molar-refractivity contribution in [1.29, 1.82) is 0 Å². The average Bonchev–Trinajstić information content (AvgIpc) is 1.56. The molecule has 11 heavy (non-hydrogen) atoms. The van der Waals surface area contributed by atoms with E-state index in [9.17, 15) is 0 Å². The molecule has 0 saturated carbocycles. The fourth-order valence-electron chi connectivity index (χ4n) is 0.707. The third-order valence-corrected chi connectivity index (χ3v) is 6.70. The van der Waals surface area contributed by atoms with Gasteiger partial charge < -0.3 is 0 Å². The van der Waals surface area contributed by atoms with E-state index in [0.717, 1.165) is 3.92 Å². The molecule has 0 aliphatic carbocycles. The standard InChI is InChI=1S/C8H19SSi.Li/c1-8(2,3)7-9-10(4,5)6;/h7H,1-6H3;. The molecular weight excluding hydrogens is 163 g/mol. The zero-order valence-electron chi connectivity index (χ0n) is 8.99. The van der Waals surface area contributed by atoms with Crippen LogP contribution in [0.5, 0.6) is 0 Å². The van der Waals surface area contributed by atoms with E-state index < -0.39 is 7.22 Å². The summed E-state index contributed by atoms with van der Waals surface area (Å²) in [7, 11) is -0.913. The van der Waals surface area contributed by atoms with Crippen molar-refractivity contribution in [2.75, 3.05) is 0 Å². The van der Waals surface area contributed by atoms with Crippen molar-refractivity contribution in [3.63, 3.8) is 0 Å². The molecule has 0 aromatic rings. The molecule has 1 unspecified atom stereocenters. The minimum absolute atomic E-state index is 0.463. The first-order valence-electron chi connectivity index (χ1n) is 4.31. The SMILES string of the molecule is [Li][CH](S[Si](C)(C)C)C(C)(C)C. The van der Waals surface area contributed by atoms with Gasteiger partial charge in [0.05, 0.1) is 0 Å². The van der Waals surface area contributed by atoms with Crippen molar-refractivity contribution in [2.24, 2.45) is 5.41 Å². The van der Waals surface area contributed by atoms with Crippen LogP contribution in [0.3, 0.4) is 0 Å². The van der Waals surface area contributed by atoms with Crippen LogP contribution < -0.4 is 0 Å². The second-order valence-electron chi connectivity index (χ2n) is 5.24. The van der Waals surface area contributed by atoms with E-state index in [-0.39, 0.29) is 0 Å². The second-order valence-corrected chi connectivity index (χ2v) is 14.8. The molecule has 1 atom stereocenters. The van der Waals surface area contributed by atoms with Gasteiger partial charge in [0.2, 0.25) is 0 Å². The summed E-state index contributed by atoms with van der Waals surface area (Å²) in [5, 5.41) is 0. The van der Waals surface area contributed by atoms with Crippen molar-refractivity contribution in [1.82, 2.24) is 0 Å². The van der Waals surface area contributed by atoms with Crippen LogP contribution >= 0.6 is 11.2 Å². The van der Waals surface area contributed by atoms with Gasteiger partial charge in [-0.15, -0.1) is 0 Å². The third-order valence-electron chi connectivity index (χ3n) is 1.75. The third kappa shape index (κ3) is 6.34. The van der Waals surface area contributed by atoms with Crippen LogP contribution in [0.2, 0.25) is 19.6 Å². The summed E-state index contributed by atoms with van der Waals surface area (Å²) in [6.07, 6.45) is 0. The van der Waals surface area contributed by atoms with Gasteiger partial charge in [-0.25, -0.2) is 0 Å². The summed E-state index contributed by atoms with van der Waals surface area (Å²) in [5.41, 5.74) is 0.463. The van der Waals surface area contributed by atoms with Gasteiger partial charge in [0.15, 0.2) is 0 Å². The number of hydrogen-bond acceptors (Lipinski definition) is 1. The Kier molecular flexibility index (Phi) is 4.33. The monoisotopic (exact) mass is 182 g/mol. The Balaban J connectivity index is 3.99. The summed E-state index contributed by atoms with van der Waals surface area (Å²) >= 11 is 4.55. The van der Waals surface area contributed by atoms with Crippen LogP contribution in [0.25, 0.3) is 0 Å². The predicted octanol–water partition coefficient (Wildman–Crippen LogP) is 3.10. The van der Waals surface area contributed by atoms with E-state index in [1.165, 1.54) is 0 Å². The first-order valence-corrected chi connectivity index (χ1v) is 9.41. The molecule has 0 aliphatic heterocycles. The maximum absolute atomic E-state index is 2.42. The zero-order chi connectivity index (χ0) is 9.28. The summed E-state index contributed by atoms with van der Waals surface area (Å²) in [6.45, 7) is 14.2. The molecule has 62 valence electrons. The summed E-state index contributed by atoms with van der Waals surface area (Å²) < 4.78 is 0.786. The van der Waals surface area contributed by atoms with E-state index in [2.05, 4.69) is 69.3 Å². The van der Waals surface area contributed by atoms with Crippen molar-refractivity contribution in [3.8, 4) is 0 Å². The molecule has 0 aromatic heterocycles. The van der Waals surface area contributed by atoms with Gasteiger partial charge in [-0.2, -0.15) is 0 Å². The summed E-state index contributed by atoms with van der Waals surface area (Å²) in [5.74, 6) is 0. The Morgan fingerprint density at radius 1 is 1.18 bits per heavy atom. The number of rotatable bonds is 2. The first-order chi connectivity index (χ1) is 4.63. The van der Waals surface area contributed by atoms with Gasteiger partial charge in [-0.3, -0.25) is 0 Å². The molecule has 0 radical (unpaired) electrons. The minimum atomic E-state index is -0.913. The number of hydrogen-bond donors (Lipinski definition) is 0. The van der Waals surface area contributed by atoms with Crippen LogP contribution in [-0.4, -0.2) is 28.9 Å². The first kappa shape index (κ1) is 12.2.